The summed E-state index contributed by atoms with van der Waals surface area (Å²) in [4.78, 5) is 4.80. The molecule has 1 N–H and O–H groups in total. The van der Waals surface area contributed by atoms with Crippen molar-refractivity contribution in [3.63, 3.8) is 0 Å². The van der Waals surface area contributed by atoms with E-state index in [-0.39, 0.29) is 0 Å². The monoisotopic (exact) mass is 257 g/mol. The van der Waals surface area contributed by atoms with E-state index >= 15 is 0 Å². The molecule has 0 rings (SSSR count). The summed E-state index contributed by atoms with van der Waals surface area (Å²) in [5.41, 5.74) is 0. The number of hydrogen-bond donors (Lipinski definition) is 1. The van der Waals surface area contributed by atoms with Gasteiger partial charge in [0.05, 0.1) is 0 Å². The minimum Gasteiger partial charge on any atom is -0.315 e. The number of hydrogen-bond acceptors (Lipinski definition) is 3. The molecule has 0 saturated carbocycles. The maximum Gasteiger partial charge on any atom is 0.0107 e. The Labute approximate surface area is 115 Å². The van der Waals surface area contributed by atoms with Crippen LogP contribution in [0.4, 0.5) is 0 Å². The molecule has 0 fully saturated rings. The molecule has 0 radical (unpaired) electrons. The van der Waals surface area contributed by atoms with E-state index in [1.807, 2.05) is 0 Å². The van der Waals surface area contributed by atoms with E-state index < -0.39 is 0 Å². The highest BCUT2D eigenvalue weighted by atomic mass is 15.1. The zero-order valence-corrected chi connectivity index (χ0v) is 13.3. The third kappa shape index (κ3) is 12.3. The van der Waals surface area contributed by atoms with Crippen LogP contribution in [0.1, 0.15) is 40.0 Å². The first-order valence-corrected chi connectivity index (χ1v) is 7.64. The van der Waals surface area contributed by atoms with Crippen molar-refractivity contribution in [1.82, 2.24) is 15.1 Å². The number of rotatable bonds is 12. The SMILES string of the molecule is CCN(CCCN(C)C)CCNCCCC(C)C. The summed E-state index contributed by atoms with van der Waals surface area (Å²) in [5.74, 6) is 0.838. The van der Waals surface area contributed by atoms with E-state index in [0.29, 0.717) is 0 Å². The molecule has 3 heteroatoms. The highest BCUT2D eigenvalue weighted by molar-refractivity contribution is 4.60. The molecule has 110 valence electrons. The summed E-state index contributed by atoms with van der Waals surface area (Å²) in [6.45, 7) is 13.9. The molecular formula is C15H35N3. The summed E-state index contributed by atoms with van der Waals surface area (Å²) in [7, 11) is 4.29. The first kappa shape index (κ1) is 17.9. The first-order chi connectivity index (χ1) is 8.56. The Morgan fingerprint density at radius 2 is 1.67 bits per heavy atom. The smallest absolute Gasteiger partial charge is 0.0107 e. The van der Waals surface area contributed by atoms with Gasteiger partial charge in [-0.1, -0.05) is 20.8 Å². The molecule has 0 atom stereocenters. The van der Waals surface area contributed by atoms with Crippen LogP contribution in [-0.2, 0) is 0 Å². The fourth-order valence-corrected chi connectivity index (χ4v) is 2.04. The van der Waals surface area contributed by atoms with Crippen LogP contribution in [0.25, 0.3) is 0 Å². The van der Waals surface area contributed by atoms with E-state index in [1.54, 1.807) is 0 Å². The zero-order chi connectivity index (χ0) is 13.8. The molecule has 0 aliphatic heterocycles. The molecular weight excluding hydrogens is 222 g/mol. The third-order valence-corrected chi connectivity index (χ3v) is 3.27. The Morgan fingerprint density at radius 1 is 0.944 bits per heavy atom. The Bertz CT molecular complexity index is 169. The Hall–Kier alpha value is -0.120. The van der Waals surface area contributed by atoms with Crippen LogP contribution >= 0.6 is 0 Å². The summed E-state index contributed by atoms with van der Waals surface area (Å²) in [5, 5.41) is 3.55. The second-order valence-electron chi connectivity index (χ2n) is 5.88. The largest absolute Gasteiger partial charge is 0.315 e. The maximum absolute atomic E-state index is 3.55. The number of nitrogens with zero attached hydrogens (tertiary/aromatic N) is 2. The van der Waals surface area contributed by atoms with Crippen LogP contribution in [-0.4, -0.2) is 63.2 Å². The van der Waals surface area contributed by atoms with E-state index in [0.717, 1.165) is 12.5 Å². The van der Waals surface area contributed by atoms with E-state index in [9.17, 15) is 0 Å². The second-order valence-corrected chi connectivity index (χ2v) is 5.88. The normalized spacial score (nSPS) is 12.0. The van der Waals surface area contributed by atoms with E-state index in [1.165, 1.54) is 52.0 Å². The Morgan fingerprint density at radius 3 is 2.22 bits per heavy atom. The summed E-state index contributed by atoms with van der Waals surface area (Å²) >= 11 is 0. The fraction of sp³-hybridized carbons (Fsp3) is 1.00. The summed E-state index contributed by atoms with van der Waals surface area (Å²) < 4.78 is 0. The van der Waals surface area contributed by atoms with Gasteiger partial charge in [-0.05, 0) is 65.5 Å². The predicted molar refractivity (Wildman–Crippen MR) is 82.2 cm³/mol. The van der Waals surface area contributed by atoms with Crippen LogP contribution in [0.15, 0.2) is 0 Å². The molecule has 18 heavy (non-hydrogen) atoms. The predicted octanol–water partition coefficient (Wildman–Crippen LogP) is 2.29. The number of nitrogens with one attached hydrogen (secondary N) is 1. The quantitative estimate of drug-likeness (QED) is 0.541. The summed E-state index contributed by atoms with van der Waals surface area (Å²) in [6.07, 6.45) is 3.92. The standard InChI is InChI=1S/C15H35N3/c1-6-18(13-8-12-17(4)5)14-11-16-10-7-9-15(2)3/h15-16H,6-14H2,1-5H3. The molecule has 0 spiro atoms. The van der Waals surface area contributed by atoms with Crippen molar-refractivity contribution < 1.29 is 0 Å². The highest BCUT2D eigenvalue weighted by Crippen LogP contribution is 2.01. The molecule has 0 amide bonds. The van der Waals surface area contributed by atoms with Gasteiger partial charge in [-0.25, -0.2) is 0 Å². The van der Waals surface area contributed by atoms with Crippen molar-refractivity contribution in [2.45, 2.75) is 40.0 Å². The van der Waals surface area contributed by atoms with Gasteiger partial charge in [0.2, 0.25) is 0 Å². The second kappa shape index (κ2) is 11.9. The Balaban J connectivity index is 3.38. The molecule has 0 aromatic heterocycles. The van der Waals surface area contributed by atoms with Crippen LogP contribution < -0.4 is 5.32 Å². The van der Waals surface area contributed by atoms with Gasteiger partial charge in [0, 0.05) is 13.1 Å². The van der Waals surface area contributed by atoms with Crippen molar-refractivity contribution in [2.24, 2.45) is 5.92 Å². The molecule has 0 aromatic carbocycles. The van der Waals surface area contributed by atoms with Gasteiger partial charge in [0.25, 0.3) is 0 Å². The van der Waals surface area contributed by atoms with Gasteiger partial charge in [0.15, 0.2) is 0 Å². The van der Waals surface area contributed by atoms with Gasteiger partial charge in [-0.3, -0.25) is 0 Å². The fourth-order valence-electron chi connectivity index (χ4n) is 2.04. The lowest BCUT2D eigenvalue weighted by Crippen LogP contribution is -2.34. The molecule has 0 aromatic rings. The van der Waals surface area contributed by atoms with Gasteiger partial charge >= 0.3 is 0 Å². The minimum absolute atomic E-state index is 0.838. The van der Waals surface area contributed by atoms with Crippen molar-refractivity contribution in [3.8, 4) is 0 Å². The van der Waals surface area contributed by atoms with E-state index in [4.69, 9.17) is 0 Å². The van der Waals surface area contributed by atoms with Gasteiger partial charge in [0.1, 0.15) is 0 Å². The average molecular weight is 257 g/mol. The van der Waals surface area contributed by atoms with Crippen LogP contribution in [0.3, 0.4) is 0 Å². The molecule has 0 heterocycles. The van der Waals surface area contributed by atoms with Crippen molar-refractivity contribution in [1.29, 1.82) is 0 Å². The zero-order valence-electron chi connectivity index (χ0n) is 13.3. The molecule has 0 aliphatic rings. The topological polar surface area (TPSA) is 18.5 Å². The van der Waals surface area contributed by atoms with Gasteiger partial charge in [-0.2, -0.15) is 0 Å². The number of likely N-dealkylation sites (N-methyl/N-ethyl adjacent to an activating group) is 1. The van der Waals surface area contributed by atoms with Crippen LogP contribution in [0, 0.1) is 5.92 Å². The van der Waals surface area contributed by atoms with Crippen LogP contribution in [0.5, 0.6) is 0 Å². The molecule has 0 aliphatic carbocycles. The first-order valence-electron chi connectivity index (χ1n) is 7.64. The summed E-state index contributed by atoms with van der Waals surface area (Å²) in [6, 6.07) is 0. The lowest BCUT2D eigenvalue weighted by Gasteiger charge is -2.21. The minimum atomic E-state index is 0.838. The van der Waals surface area contributed by atoms with Gasteiger partial charge < -0.3 is 15.1 Å². The molecule has 0 saturated heterocycles. The van der Waals surface area contributed by atoms with Crippen molar-refractivity contribution >= 4 is 0 Å². The highest BCUT2D eigenvalue weighted by Gasteiger charge is 2.02. The average Bonchev–Trinajstić information content (AvgIpc) is 2.30. The molecule has 0 unspecified atom stereocenters. The maximum atomic E-state index is 3.55. The van der Waals surface area contributed by atoms with Crippen molar-refractivity contribution in [2.75, 3.05) is 53.4 Å². The Kier molecular flexibility index (Phi) is 11.9. The third-order valence-electron chi connectivity index (χ3n) is 3.27. The molecule has 3 nitrogen and oxygen atoms in total. The van der Waals surface area contributed by atoms with E-state index in [2.05, 4.69) is 50.0 Å². The molecule has 0 bridgehead atoms. The lowest BCUT2D eigenvalue weighted by atomic mass is 10.1. The lowest BCUT2D eigenvalue weighted by molar-refractivity contribution is 0.265. The van der Waals surface area contributed by atoms with Gasteiger partial charge in [-0.15, -0.1) is 0 Å². The van der Waals surface area contributed by atoms with Crippen LogP contribution in [0.2, 0.25) is 0 Å². The van der Waals surface area contributed by atoms with Crippen molar-refractivity contribution in [3.05, 3.63) is 0 Å².